The first-order valence-corrected chi connectivity index (χ1v) is 5.15. The highest BCUT2D eigenvalue weighted by Gasteiger charge is 2.48. The van der Waals surface area contributed by atoms with Gasteiger partial charge in [-0.3, -0.25) is 0 Å². The van der Waals surface area contributed by atoms with Gasteiger partial charge in [0.1, 0.15) is 0 Å². The van der Waals surface area contributed by atoms with E-state index in [1.165, 1.54) is 17.7 Å². The topological polar surface area (TPSA) is 38.9 Å². The molecule has 0 aliphatic heterocycles. The van der Waals surface area contributed by atoms with Crippen LogP contribution in [0.4, 0.5) is 0 Å². The lowest BCUT2D eigenvalue weighted by Crippen LogP contribution is -2.30. The number of nitrogens with zero attached hydrogens (tertiary/aromatic N) is 1. The van der Waals surface area contributed by atoms with E-state index in [1.807, 2.05) is 13.1 Å². The van der Waals surface area contributed by atoms with E-state index in [9.17, 15) is 0 Å². The van der Waals surface area contributed by atoms with Crippen molar-refractivity contribution in [1.29, 1.82) is 0 Å². The van der Waals surface area contributed by atoms with E-state index in [0.29, 0.717) is 5.41 Å². The van der Waals surface area contributed by atoms with Crippen LogP contribution in [0.1, 0.15) is 29.7 Å². The summed E-state index contributed by atoms with van der Waals surface area (Å²) in [5.41, 5.74) is 6.25. The zero-order valence-corrected chi connectivity index (χ0v) is 8.32. The highest BCUT2D eigenvalue weighted by Crippen LogP contribution is 2.51. The summed E-state index contributed by atoms with van der Waals surface area (Å²) in [6.07, 6.45) is 4.48. The van der Waals surface area contributed by atoms with Crippen molar-refractivity contribution in [3.05, 3.63) is 16.1 Å². The first-order valence-electron chi connectivity index (χ1n) is 4.34. The van der Waals surface area contributed by atoms with Crippen LogP contribution in [0.2, 0.25) is 0 Å². The summed E-state index contributed by atoms with van der Waals surface area (Å²) in [4.78, 5) is 5.65. The summed E-state index contributed by atoms with van der Waals surface area (Å²) < 4.78 is 0. The van der Waals surface area contributed by atoms with E-state index in [4.69, 9.17) is 5.73 Å². The summed E-state index contributed by atoms with van der Waals surface area (Å²) >= 11 is 1.79. The molecule has 2 N–H and O–H groups in total. The quantitative estimate of drug-likeness (QED) is 0.758. The van der Waals surface area contributed by atoms with Crippen molar-refractivity contribution in [1.82, 2.24) is 4.98 Å². The number of aromatic nitrogens is 1. The Morgan fingerprint density at radius 2 is 2.33 bits per heavy atom. The normalized spacial score (nSPS) is 22.2. The van der Waals surface area contributed by atoms with Gasteiger partial charge in [0.2, 0.25) is 0 Å². The van der Waals surface area contributed by atoms with Gasteiger partial charge in [-0.05, 0) is 26.7 Å². The van der Waals surface area contributed by atoms with Gasteiger partial charge in [0.05, 0.1) is 5.01 Å². The molecule has 3 heteroatoms. The Hall–Kier alpha value is -0.410. The third-order valence-corrected chi connectivity index (χ3v) is 3.90. The van der Waals surface area contributed by atoms with Crippen LogP contribution in [0, 0.1) is 6.92 Å². The molecule has 0 amide bonds. The molecule has 1 heterocycles. The molecule has 66 valence electrons. The van der Waals surface area contributed by atoms with Crippen molar-refractivity contribution < 1.29 is 0 Å². The van der Waals surface area contributed by atoms with E-state index >= 15 is 0 Å². The average molecular weight is 182 g/mol. The summed E-state index contributed by atoms with van der Waals surface area (Å²) in [5, 5.41) is 1.15. The van der Waals surface area contributed by atoms with Crippen LogP contribution in [0.3, 0.4) is 0 Å². The zero-order valence-electron chi connectivity index (χ0n) is 7.50. The van der Waals surface area contributed by atoms with Crippen molar-refractivity contribution >= 4 is 11.3 Å². The second kappa shape index (κ2) is 2.54. The fourth-order valence-corrected chi connectivity index (χ4v) is 2.77. The largest absolute Gasteiger partial charge is 0.327 e. The Morgan fingerprint density at radius 1 is 1.67 bits per heavy atom. The highest BCUT2D eigenvalue weighted by atomic mass is 32.1. The lowest BCUT2D eigenvalue weighted by atomic mass is 9.98. The molecule has 1 aliphatic rings. The third-order valence-electron chi connectivity index (χ3n) is 2.77. The third kappa shape index (κ3) is 1.08. The fourth-order valence-electron chi connectivity index (χ4n) is 1.65. The first kappa shape index (κ1) is 8.20. The Morgan fingerprint density at radius 3 is 2.67 bits per heavy atom. The molecule has 2 rings (SSSR count). The number of aryl methyl sites for hydroxylation is 1. The Balaban J connectivity index is 2.30. The Labute approximate surface area is 76.8 Å². The standard InChI is InChI=1S/C9H14N2S/c1-6(10)9(3-4-9)8-5-11-7(2)12-8/h5-6H,3-4,10H2,1-2H3. The smallest absolute Gasteiger partial charge is 0.0896 e. The molecule has 0 saturated heterocycles. The van der Waals surface area contributed by atoms with Crippen molar-refractivity contribution in [2.75, 3.05) is 0 Å². The van der Waals surface area contributed by atoms with Crippen LogP contribution in [-0.4, -0.2) is 11.0 Å². The first-order chi connectivity index (χ1) is 5.65. The second-order valence-corrected chi connectivity index (χ2v) is 4.92. The average Bonchev–Trinajstić information content (AvgIpc) is 2.71. The molecule has 1 unspecified atom stereocenters. The maximum atomic E-state index is 5.95. The predicted molar refractivity (Wildman–Crippen MR) is 51.4 cm³/mol. The number of nitrogens with two attached hydrogens (primary N) is 1. The van der Waals surface area contributed by atoms with Crippen LogP contribution in [0.25, 0.3) is 0 Å². The minimum atomic E-state index is 0.275. The lowest BCUT2D eigenvalue weighted by molar-refractivity contribution is 0.565. The Bertz CT molecular complexity index is 286. The molecular weight excluding hydrogens is 168 g/mol. The van der Waals surface area contributed by atoms with Crippen molar-refractivity contribution in [3.63, 3.8) is 0 Å². The molecule has 1 atom stereocenters. The van der Waals surface area contributed by atoms with Gasteiger partial charge in [-0.15, -0.1) is 11.3 Å². The van der Waals surface area contributed by atoms with Crippen LogP contribution in [-0.2, 0) is 5.41 Å². The van der Waals surface area contributed by atoms with Crippen LogP contribution in [0.5, 0.6) is 0 Å². The van der Waals surface area contributed by atoms with Crippen LogP contribution >= 0.6 is 11.3 Å². The molecule has 0 radical (unpaired) electrons. The van der Waals surface area contributed by atoms with Gasteiger partial charge in [-0.25, -0.2) is 4.98 Å². The number of thiazole rings is 1. The maximum absolute atomic E-state index is 5.95. The molecule has 12 heavy (non-hydrogen) atoms. The van der Waals surface area contributed by atoms with E-state index in [-0.39, 0.29) is 6.04 Å². The number of hydrogen-bond donors (Lipinski definition) is 1. The summed E-state index contributed by atoms with van der Waals surface area (Å²) in [6.45, 7) is 4.15. The van der Waals surface area contributed by atoms with Gasteiger partial charge < -0.3 is 5.73 Å². The van der Waals surface area contributed by atoms with Crippen molar-refractivity contribution in [2.45, 2.75) is 38.1 Å². The van der Waals surface area contributed by atoms with E-state index in [1.54, 1.807) is 11.3 Å². The highest BCUT2D eigenvalue weighted by molar-refractivity contribution is 7.11. The Kier molecular flexibility index (Phi) is 1.73. The summed E-state index contributed by atoms with van der Waals surface area (Å²) in [6, 6.07) is 0.275. The molecule has 2 nitrogen and oxygen atoms in total. The van der Waals surface area contributed by atoms with Crippen LogP contribution < -0.4 is 5.73 Å². The number of rotatable bonds is 2. The monoisotopic (exact) mass is 182 g/mol. The van der Waals surface area contributed by atoms with E-state index < -0.39 is 0 Å². The molecule has 0 spiro atoms. The van der Waals surface area contributed by atoms with Gasteiger partial charge in [0, 0.05) is 22.5 Å². The second-order valence-electron chi connectivity index (χ2n) is 3.69. The molecule has 1 fully saturated rings. The van der Waals surface area contributed by atoms with Gasteiger partial charge in [-0.2, -0.15) is 0 Å². The lowest BCUT2D eigenvalue weighted by Gasteiger charge is -2.16. The van der Waals surface area contributed by atoms with Gasteiger partial charge in [0.25, 0.3) is 0 Å². The van der Waals surface area contributed by atoms with E-state index in [0.717, 1.165) is 5.01 Å². The molecule has 1 aromatic heterocycles. The molecule has 0 aromatic carbocycles. The minimum Gasteiger partial charge on any atom is -0.327 e. The maximum Gasteiger partial charge on any atom is 0.0896 e. The van der Waals surface area contributed by atoms with Crippen molar-refractivity contribution in [3.8, 4) is 0 Å². The van der Waals surface area contributed by atoms with Gasteiger partial charge >= 0.3 is 0 Å². The zero-order chi connectivity index (χ0) is 8.77. The molecule has 0 bridgehead atoms. The van der Waals surface area contributed by atoms with Crippen LogP contribution in [0.15, 0.2) is 6.20 Å². The molecule has 1 aliphatic carbocycles. The van der Waals surface area contributed by atoms with E-state index in [2.05, 4.69) is 11.9 Å². The minimum absolute atomic E-state index is 0.275. The molecular formula is C9H14N2S. The SMILES string of the molecule is Cc1ncc(C2(C(C)N)CC2)s1. The van der Waals surface area contributed by atoms with Gasteiger partial charge in [0.15, 0.2) is 0 Å². The predicted octanol–water partition coefficient (Wildman–Crippen LogP) is 1.83. The summed E-state index contributed by atoms with van der Waals surface area (Å²) in [5.74, 6) is 0. The molecule has 1 saturated carbocycles. The fraction of sp³-hybridized carbons (Fsp3) is 0.667. The van der Waals surface area contributed by atoms with Gasteiger partial charge in [-0.1, -0.05) is 0 Å². The molecule has 1 aromatic rings. The number of hydrogen-bond acceptors (Lipinski definition) is 3. The van der Waals surface area contributed by atoms with Crippen molar-refractivity contribution in [2.24, 2.45) is 5.73 Å². The summed E-state index contributed by atoms with van der Waals surface area (Å²) in [7, 11) is 0.